The van der Waals surface area contributed by atoms with Crippen LogP contribution in [0.25, 0.3) is 0 Å². The molecule has 2 atom stereocenters. The van der Waals surface area contributed by atoms with Crippen molar-refractivity contribution >= 4 is 0 Å². The average Bonchev–Trinajstić information content (AvgIpc) is 2.83. The Bertz CT molecular complexity index is 495. The molecule has 0 N–H and O–H groups in total. The quantitative estimate of drug-likeness (QED) is 0.793. The second-order valence-electron chi connectivity index (χ2n) is 6.51. The monoisotopic (exact) mass is 320 g/mol. The molecule has 0 saturated carbocycles. The van der Waals surface area contributed by atoms with Crippen molar-refractivity contribution in [3.8, 4) is 5.75 Å². The van der Waals surface area contributed by atoms with Gasteiger partial charge in [0.15, 0.2) is 0 Å². The van der Waals surface area contributed by atoms with Gasteiger partial charge in [-0.25, -0.2) is 0 Å². The van der Waals surface area contributed by atoms with Crippen molar-refractivity contribution in [2.24, 2.45) is 5.92 Å². The minimum atomic E-state index is 0.369. The van der Waals surface area contributed by atoms with Gasteiger partial charge in [-0.05, 0) is 17.7 Å². The average molecular weight is 320 g/mol. The first kappa shape index (κ1) is 16.7. The summed E-state index contributed by atoms with van der Waals surface area (Å²) in [7, 11) is 3.48. The number of ether oxygens (including phenoxy) is 3. The van der Waals surface area contributed by atoms with E-state index in [0.29, 0.717) is 12.0 Å². The number of nitrogens with zero attached hydrogens (tertiary/aromatic N) is 2. The Hall–Kier alpha value is -1.14. The Morgan fingerprint density at radius 2 is 2.04 bits per heavy atom. The Balaban J connectivity index is 1.56. The molecule has 3 rings (SSSR count). The molecule has 128 valence electrons. The van der Waals surface area contributed by atoms with Crippen LogP contribution in [0, 0.1) is 5.92 Å². The maximum atomic E-state index is 6.10. The summed E-state index contributed by atoms with van der Waals surface area (Å²) in [5, 5.41) is 0. The fourth-order valence-electron chi connectivity index (χ4n) is 3.63. The molecule has 1 aromatic carbocycles. The number of likely N-dealkylation sites (tertiary alicyclic amines) is 1. The number of fused-ring (bicyclic) bond motifs is 1. The smallest absolute Gasteiger partial charge is 0.119 e. The van der Waals surface area contributed by atoms with Gasteiger partial charge in [-0.3, -0.25) is 9.80 Å². The summed E-state index contributed by atoms with van der Waals surface area (Å²) >= 11 is 0. The number of methoxy groups -OCH3 is 2. The van der Waals surface area contributed by atoms with Gasteiger partial charge in [-0.2, -0.15) is 0 Å². The summed E-state index contributed by atoms with van der Waals surface area (Å²) in [6, 6.07) is 8.35. The molecule has 2 fully saturated rings. The number of rotatable bonds is 6. The van der Waals surface area contributed by atoms with Crippen LogP contribution in [0.15, 0.2) is 24.3 Å². The van der Waals surface area contributed by atoms with Crippen molar-refractivity contribution in [3.05, 3.63) is 29.8 Å². The van der Waals surface area contributed by atoms with Crippen LogP contribution in [0.1, 0.15) is 5.56 Å². The third-order valence-corrected chi connectivity index (χ3v) is 4.84. The van der Waals surface area contributed by atoms with Crippen LogP contribution >= 0.6 is 0 Å². The first-order chi connectivity index (χ1) is 11.3. The molecule has 0 radical (unpaired) electrons. The summed E-state index contributed by atoms with van der Waals surface area (Å²) in [5.74, 6) is 1.53. The summed E-state index contributed by atoms with van der Waals surface area (Å²) < 4.78 is 16.6. The molecular weight excluding hydrogens is 292 g/mol. The van der Waals surface area contributed by atoms with Crippen molar-refractivity contribution in [2.75, 3.05) is 60.2 Å². The minimum absolute atomic E-state index is 0.369. The molecular formula is C18H28N2O3. The standard InChI is InChI=1S/C18H28N2O3/c1-21-8-6-19-7-9-23-18-14-20(13-16(18)12-19)11-15-4-3-5-17(10-15)22-2/h3-5,10,16,18H,6-9,11-14H2,1-2H3/t16-,18+/m1/s1. The van der Waals surface area contributed by atoms with E-state index >= 15 is 0 Å². The number of hydrogen-bond acceptors (Lipinski definition) is 5. The summed E-state index contributed by atoms with van der Waals surface area (Å²) in [5.41, 5.74) is 1.30. The SMILES string of the molecule is COCCN1CCO[C@H]2CN(Cc3cccc(OC)c3)C[C@H]2C1. The van der Waals surface area contributed by atoms with E-state index in [9.17, 15) is 0 Å². The second kappa shape index (κ2) is 8.11. The van der Waals surface area contributed by atoms with Gasteiger partial charge >= 0.3 is 0 Å². The van der Waals surface area contributed by atoms with Crippen molar-refractivity contribution in [3.63, 3.8) is 0 Å². The Labute approximate surface area is 139 Å². The molecule has 23 heavy (non-hydrogen) atoms. The second-order valence-corrected chi connectivity index (χ2v) is 6.51. The molecule has 2 saturated heterocycles. The van der Waals surface area contributed by atoms with Gasteiger partial charge < -0.3 is 14.2 Å². The highest BCUT2D eigenvalue weighted by Crippen LogP contribution is 2.25. The fourth-order valence-corrected chi connectivity index (χ4v) is 3.63. The Morgan fingerprint density at radius 1 is 1.17 bits per heavy atom. The van der Waals surface area contributed by atoms with E-state index in [0.717, 1.165) is 58.2 Å². The lowest BCUT2D eigenvalue weighted by Gasteiger charge is -2.23. The van der Waals surface area contributed by atoms with Crippen molar-refractivity contribution in [1.29, 1.82) is 0 Å². The molecule has 2 aliphatic heterocycles. The van der Waals surface area contributed by atoms with E-state index in [1.54, 1.807) is 14.2 Å². The number of benzene rings is 1. The molecule has 2 heterocycles. The zero-order chi connectivity index (χ0) is 16.1. The summed E-state index contributed by atoms with van der Waals surface area (Å²) in [4.78, 5) is 4.98. The molecule has 0 amide bonds. The first-order valence-corrected chi connectivity index (χ1v) is 8.46. The molecule has 0 aromatic heterocycles. The van der Waals surface area contributed by atoms with Crippen LogP contribution in [0.2, 0.25) is 0 Å². The van der Waals surface area contributed by atoms with E-state index < -0.39 is 0 Å². The molecule has 0 unspecified atom stereocenters. The van der Waals surface area contributed by atoms with Gasteiger partial charge in [0.05, 0.1) is 26.4 Å². The normalized spacial score (nSPS) is 26.0. The largest absolute Gasteiger partial charge is 0.497 e. The van der Waals surface area contributed by atoms with Crippen LogP contribution in [0.4, 0.5) is 0 Å². The lowest BCUT2D eigenvalue weighted by atomic mass is 10.1. The van der Waals surface area contributed by atoms with E-state index in [-0.39, 0.29) is 0 Å². The number of hydrogen-bond donors (Lipinski definition) is 0. The van der Waals surface area contributed by atoms with Crippen molar-refractivity contribution in [2.45, 2.75) is 12.6 Å². The van der Waals surface area contributed by atoms with Gasteiger partial charge in [-0.1, -0.05) is 12.1 Å². The summed E-state index contributed by atoms with van der Waals surface area (Å²) in [6.45, 7) is 7.85. The maximum absolute atomic E-state index is 6.10. The molecule has 5 heteroatoms. The zero-order valence-corrected chi connectivity index (χ0v) is 14.2. The Morgan fingerprint density at radius 3 is 2.87 bits per heavy atom. The van der Waals surface area contributed by atoms with Crippen LogP contribution in [0.3, 0.4) is 0 Å². The molecule has 0 aliphatic carbocycles. The third-order valence-electron chi connectivity index (χ3n) is 4.84. The van der Waals surface area contributed by atoms with Gasteiger partial charge in [0.2, 0.25) is 0 Å². The topological polar surface area (TPSA) is 34.2 Å². The minimum Gasteiger partial charge on any atom is -0.497 e. The van der Waals surface area contributed by atoms with E-state index in [1.807, 2.05) is 6.07 Å². The summed E-state index contributed by atoms with van der Waals surface area (Å²) in [6.07, 6.45) is 0.369. The van der Waals surface area contributed by atoms with E-state index in [4.69, 9.17) is 14.2 Å². The lowest BCUT2D eigenvalue weighted by Crippen LogP contribution is -2.34. The third kappa shape index (κ3) is 4.44. The van der Waals surface area contributed by atoms with Gasteiger partial charge in [0.1, 0.15) is 5.75 Å². The van der Waals surface area contributed by atoms with Gasteiger partial charge in [0.25, 0.3) is 0 Å². The van der Waals surface area contributed by atoms with Gasteiger partial charge in [0, 0.05) is 52.3 Å². The molecule has 2 aliphatic rings. The van der Waals surface area contributed by atoms with Gasteiger partial charge in [-0.15, -0.1) is 0 Å². The van der Waals surface area contributed by atoms with Crippen LogP contribution in [-0.4, -0.2) is 76.1 Å². The zero-order valence-electron chi connectivity index (χ0n) is 14.2. The van der Waals surface area contributed by atoms with Crippen LogP contribution in [0.5, 0.6) is 5.75 Å². The van der Waals surface area contributed by atoms with Crippen LogP contribution < -0.4 is 4.74 Å². The van der Waals surface area contributed by atoms with Crippen molar-refractivity contribution < 1.29 is 14.2 Å². The van der Waals surface area contributed by atoms with E-state index in [1.165, 1.54) is 5.56 Å². The van der Waals surface area contributed by atoms with Crippen LogP contribution in [-0.2, 0) is 16.0 Å². The lowest BCUT2D eigenvalue weighted by molar-refractivity contribution is 0.0507. The first-order valence-electron chi connectivity index (χ1n) is 8.46. The highest BCUT2D eigenvalue weighted by Gasteiger charge is 2.36. The highest BCUT2D eigenvalue weighted by atomic mass is 16.5. The predicted octanol–water partition coefficient (Wildman–Crippen LogP) is 1.47. The molecule has 0 spiro atoms. The molecule has 1 aromatic rings. The molecule has 5 nitrogen and oxygen atoms in total. The molecule has 0 bridgehead atoms. The Kier molecular flexibility index (Phi) is 5.89. The van der Waals surface area contributed by atoms with E-state index in [2.05, 4.69) is 28.0 Å². The van der Waals surface area contributed by atoms with Crippen molar-refractivity contribution in [1.82, 2.24) is 9.80 Å². The fraction of sp³-hybridized carbons (Fsp3) is 0.667. The maximum Gasteiger partial charge on any atom is 0.119 e. The highest BCUT2D eigenvalue weighted by molar-refractivity contribution is 5.28. The predicted molar refractivity (Wildman–Crippen MR) is 89.8 cm³/mol.